The fourth-order valence-corrected chi connectivity index (χ4v) is 3.90. The zero-order valence-corrected chi connectivity index (χ0v) is 18.8. The van der Waals surface area contributed by atoms with Gasteiger partial charge >= 0.3 is 6.03 Å². The average Bonchev–Trinajstić information content (AvgIpc) is 2.80. The molecule has 0 saturated carbocycles. The lowest BCUT2D eigenvalue weighted by Crippen LogP contribution is -2.54. The van der Waals surface area contributed by atoms with E-state index in [-0.39, 0.29) is 5.57 Å². The molecule has 0 atom stereocenters. The normalized spacial score (nSPS) is 15.1. The second kappa shape index (κ2) is 9.30. The number of urea groups is 1. The van der Waals surface area contributed by atoms with Crippen LogP contribution in [0.4, 0.5) is 10.5 Å². The topological polar surface area (TPSA) is 75.7 Å². The highest BCUT2D eigenvalue weighted by atomic mass is 35.5. The lowest BCUT2D eigenvalue weighted by atomic mass is 9.96. The van der Waals surface area contributed by atoms with Gasteiger partial charge in [-0.1, -0.05) is 54.1 Å². The zero-order chi connectivity index (χ0) is 23.5. The van der Waals surface area contributed by atoms with Gasteiger partial charge in [0.1, 0.15) is 11.3 Å². The molecule has 4 amide bonds. The van der Waals surface area contributed by atoms with E-state index < -0.39 is 17.8 Å². The minimum atomic E-state index is -0.775. The molecule has 7 heteroatoms. The molecule has 1 fully saturated rings. The summed E-state index contributed by atoms with van der Waals surface area (Å²) in [5.74, 6) is -0.790. The number of halogens is 1. The van der Waals surface area contributed by atoms with Crippen molar-refractivity contribution in [3.63, 3.8) is 0 Å². The summed E-state index contributed by atoms with van der Waals surface area (Å²) in [5.41, 5.74) is 3.37. The molecule has 1 saturated heterocycles. The Morgan fingerprint density at radius 3 is 2.42 bits per heavy atom. The van der Waals surface area contributed by atoms with Crippen molar-refractivity contribution in [3.8, 4) is 5.75 Å². The maximum Gasteiger partial charge on any atom is 0.335 e. The lowest BCUT2D eigenvalue weighted by Gasteiger charge is -2.27. The molecule has 1 N–H and O–H groups in total. The number of para-hydroxylation sites is 1. The third kappa shape index (κ3) is 4.52. The van der Waals surface area contributed by atoms with Gasteiger partial charge in [0.2, 0.25) is 0 Å². The van der Waals surface area contributed by atoms with Crippen LogP contribution in [0.2, 0.25) is 5.02 Å². The second-order valence-corrected chi connectivity index (χ2v) is 7.98. The molecule has 0 bridgehead atoms. The summed E-state index contributed by atoms with van der Waals surface area (Å²) in [6.45, 7) is 1.79. The Morgan fingerprint density at radius 1 is 0.970 bits per heavy atom. The first-order valence-corrected chi connectivity index (χ1v) is 10.6. The highest BCUT2D eigenvalue weighted by molar-refractivity contribution is 6.39. The van der Waals surface area contributed by atoms with Gasteiger partial charge in [-0.25, -0.2) is 9.69 Å². The van der Waals surface area contributed by atoms with E-state index in [4.69, 9.17) is 16.3 Å². The fourth-order valence-electron chi connectivity index (χ4n) is 3.70. The van der Waals surface area contributed by atoms with E-state index >= 15 is 0 Å². The highest BCUT2D eigenvalue weighted by Gasteiger charge is 2.37. The molecule has 4 rings (SSSR count). The number of nitrogens with zero attached hydrogens (tertiary/aromatic N) is 1. The van der Waals surface area contributed by atoms with Crippen molar-refractivity contribution in [2.24, 2.45) is 0 Å². The predicted molar refractivity (Wildman–Crippen MR) is 127 cm³/mol. The number of ether oxygens (including phenoxy) is 1. The van der Waals surface area contributed by atoms with Crippen LogP contribution in [-0.4, -0.2) is 25.0 Å². The van der Waals surface area contributed by atoms with E-state index in [2.05, 4.69) is 5.32 Å². The van der Waals surface area contributed by atoms with Crippen LogP contribution in [0.3, 0.4) is 0 Å². The molecule has 1 heterocycles. The third-order valence-corrected chi connectivity index (χ3v) is 5.82. The molecule has 3 aromatic carbocycles. The first-order valence-electron chi connectivity index (χ1n) is 10.3. The van der Waals surface area contributed by atoms with E-state index in [1.165, 1.54) is 6.08 Å². The summed E-state index contributed by atoms with van der Waals surface area (Å²) in [7, 11) is 1.57. The van der Waals surface area contributed by atoms with E-state index in [1.807, 2.05) is 30.3 Å². The Morgan fingerprint density at radius 2 is 1.70 bits per heavy atom. The number of benzene rings is 3. The number of aryl methyl sites for hydroxylation is 1. The van der Waals surface area contributed by atoms with Crippen molar-refractivity contribution >= 4 is 41.2 Å². The number of carbonyl (C=O) groups is 3. The van der Waals surface area contributed by atoms with Crippen LogP contribution in [0.15, 0.2) is 72.3 Å². The minimum Gasteiger partial charge on any atom is -0.497 e. The Hall–Kier alpha value is -3.90. The Bertz CT molecular complexity index is 1300. The molecule has 0 aliphatic carbocycles. The van der Waals surface area contributed by atoms with Crippen molar-refractivity contribution in [2.45, 2.75) is 13.3 Å². The van der Waals surface area contributed by atoms with E-state index in [9.17, 15) is 14.4 Å². The third-order valence-electron chi connectivity index (χ3n) is 5.45. The average molecular weight is 461 g/mol. The lowest BCUT2D eigenvalue weighted by molar-refractivity contribution is -0.122. The van der Waals surface area contributed by atoms with Gasteiger partial charge in [-0.15, -0.1) is 0 Å². The Kier molecular flexibility index (Phi) is 6.29. The van der Waals surface area contributed by atoms with Crippen LogP contribution in [0, 0.1) is 6.92 Å². The number of hydrogen-bond acceptors (Lipinski definition) is 4. The van der Waals surface area contributed by atoms with Crippen molar-refractivity contribution < 1.29 is 19.1 Å². The largest absolute Gasteiger partial charge is 0.497 e. The van der Waals surface area contributed by atoms with Crippen molar-refractivity contribution in [3.05, 3.63) is 99.6 Å². The first-order chi connectivity index (χ1) is 15.9. The van der Waals surface area contributed by atoms with Crippen LogP contribution in [0.5, 0.6) is 5.75 Å². The number of nitrogens with one attached hydrogen (secondary N) is 1. The molecular formula is C26H21ClN2O4. The van der Waals surface area contributed by atoms with Gasteiger partial charge in [-0.2, -0.15) is 0 Å². The van der Waals surface area contributed by atoms with Gasteiger partial charge in [0, 0.05) is 5.02 Å². The van der Waals surface area contributed by atoms with Gasteiger partial charge < -0.3 is 4.74 Å². The van der Waals surface area contributed by atoms with Gasteiger partial charge in [-0.3, -0.25) is 14.9 Å². The molecular weight excluding hydrogens is 440 g/mol. The van der Waals surface area contributed by atoms with Crippen LogP contribution >= 0.6 is 11.6 Å². The van der Waals surface area contributed by atoms with Gasteiger partial charge in [0.25, 0.3) is 11.8 Å². The molecule has 33 heavy (non-hydrogen) atoms. The Balaban J connectivity index is 1.78. The molecule has 166 valence electrons. The molecule has 6 nitrogen and oxygen atoms in total. The number of amides is 4. The number of imide groups is 2. The van der Waals surface area contributed by atoms with Gasteiger partial charge in [-0.05, 0) is 65.9 Å². The predicted octanol–water partition coefficient (Wildman–Crippen LogP) is 4.91. The molecule has 0 unspecified atom stereocenters. The van der Waals surface area contributed by atoms with Crippen LogP contribution in [-0.2, 0) is 16.0 Å². The number of methoxy groups -OCH3 is 1. The quantitative estimate of drug-likeness (QED) is 0.433. The summed E-state index contributed by atoms with van der Waals surface area (Å²) in [5, 5.41) is 2.88. The smallest absolute Gasteiger partial charge is 0.335 e. The zero-order valence-electron chi connectivity index (χ0n) is 18.1. The maximum atomic E-state index is 13.3. The minimum absolute atomic E-state index is 0.136. The number of anilines is 1. The first kappa shape index (κ1) is 22.3. The number of carbonyl (C=O) groups excluding carboxylic acids is 3. The summed E-state index contributed by atoms with van der Waals surface area (Å²) in [6, 6.07) is 19.0. The standard InChI is InChI=1S/C26H21ClN2O4/c1-16-7-3-6-10-23(16)29-25(31)21(24(30)28-26(29)32)15-17-11-12-20(33-2)14-19(17)13-18-8-4-5-9-22(18)27/h3-12,14-15H,13H2,1-2H3,(H,28,30,32)/b21-15+. The Labute approximate surface area is 196 Å². The fraction of sp³-hybridized carbons (Fsp3) is 0.115. The van der Waals surface area contributed by atoms with Crippen LogP contribution in [0.25, 0.3) is 6.08 Å². The van der Waals surface area contributed by atoms with Crippen LogP contribution < -0.4 is 15.0 Å². The molecule has 0 spiro atoms. The van der Waals surface area contributed by atoms with E-state index in [0.29, 0.717) is 28.4 Å². The molecule has 1 aliphatic rings. The molecule has 1 aliphatic heterocycles. The monoisotopic (exact) mass is 460 g/mol. The summed E-state index contributed by atoms with van der Waals surface area (Å²) < 4.78 is 5.36. The number of barbiturate groups is 1. The van der Waals surface area contributed by atoms with Gasteiger partial charge in [0.05, 0.1) is 12.8 Å². The van der Waals surface area contributed by atoms with Crippen molar-refractivity contribution in [1.82, 2.24) is 5.32 Å². The SMILES string of the molecule is COc1ccc(/C=C2\C(=O)NC(=O)N(c3ccccc3C)C2=O)c(Cc2ccccc2Cl)c1. The van der Waals surface area contributed by atoms with E-state index in [0.717, 1.165) is 21.6 Å². The number of rotatable bonds is 5. The van der Waals surface area contributed by atoms with Crippen molar-refractivity contribution in [2.75, 3.05) is 12.0 Å². The molecule has 3 aromatic rings. The highest BCUT2D eigenvalue weighted by Crippen LogP contribution is 2.28. The maximum absolute atomic E-state index is 13.3. The van der Waals surface area contributed by atoms with Gasteiger partial charge in [0.15, 0.2) is 0 Å². The summed E-state index contributed by atoms with van der Waals surface area (Å²) in [6.07, 6.45) is 1.97. The second-order valence-electron chi connectivity index (χ2n) is 7.58. The summed E-state index contributed by atoms with van der Waals surface area (Å²) in [4.78, 5) is 39.4. The number of hydrogen-bond donors (Lipinski definition) is 1. The molecule has 0 aromatic heterocycles. The van der Waals surface area contributed by atoms with E-state index in [1.54, 1.807) is 50.4 Å². The van der Waals surface area contributed by atoms with Crippen molar-refractivity contribution in [1.29, 1.82) is 0 Å². The summed E-state index contributed by atoms with van der Waals surface area (Å²) >= 11 is 6.35. The molecule has 0 radical (unpaired) electrons. The van der Waals surface area contributed by atoms with Crippen LogP contribution in [0.1, 0.15) is 22.3 Å².